The van der Waals surface area contributed by atoms with Crippen LogP contribution in [0, 0.1) is 6.92 Å². The zero-order chi connectivity index (χ0) is 17.6. The van der Waals surface area contributed by atoms with Gasteiger partial charge in [-0.15, -0.1) is 0 Å². The standard InChI is InChI=1S/C18H21N5O2/c1-12-4-3-5-14(6-12)22-10-16-7-15(22)11-23(16)18-19-8-13(9-20-18)17(24)21(2)25/h3-6,8-9,15-16,25H,7,10-11H2,1-2H3/t15-,16-/m0/s1. The number of fused-ring (bicyclic) bond motifs is 2. The van der Waals surface area contributed by atoms with Crippen molar-refractivity contribution in [3.63, 3.8) is 0 Å². The minimum Gasteiger partial charge on any atom is -0.365 e. The van der Waals surface area contributed by atoms with E-state index in [-0.39, 0.29) is 5.56 Å². The lowest BCUT2D eigenvalue weighted by atomic mass is 10.2. The molecule has 0 aliphatic carbocycles. The van der Waals surface area contributed by atoms with E-state index in [1.807, 2.05) is 0 Å². The van der Waals surface area contributed by atoms with Crippen LogP contribution in [0.1, 0.15) is 22.3 Å². The minimum atomic E-state index is -0.514. The van der Waals surface area contributed by atoms with Crippen LogP contribution in [0.4, 0.5) is 11.6 Å². The molecule has 25 heavy (non-hydrogen) atoms. The second-order valence-corrected chi connectivity index (χ2v) is 6.79. The maximum atomic E-state index is 11.7. The van der Waals surface area contributed by atoms with E-state index in [9.17, 15) is 10.0 Å². The SMILES string of the molecule is Cc1cccc(N2C[C@@H]3C[C@H]2CN3c2ncc(C(=O)N(C)O)cn2)c1. The molecule has 1 amide bonds. The lowest BCUT2D eigenvalue weighted by Gasteiger charge is -2.35. The summed E-state index contributed by atoms with van der Waals surface area (Å²) >= 11 is 0. The Hall–Kier alpha value is -2.67. The molecule has 1 aromatic carbocycles. The van der Waals surface area contributed by atoms with Gasteiger partial charge in [-0.3, -0.25) is 10.0 Å². The van der Waals surface area contributed by atoms with Crippen molar-refractivity contribution in [1.82, 2.24) is 15.0 Å². The quantitative estimate of drug-likeness (QED) is 0.678. The highest BCUT2D eigenvalue weighted by Gasteiger charge is 2.44. The molecule has 2 saturated heterocycles. The maximum absolute atomic E-state index is 11.7. The first kappa shape index (κ1) is 15.8. The zero-order valence-corrected chi connectivity index (χ0v) is 14.3. The van der Waals surface area contributed by atoms with Crippen molar-refractivity contribution >= 4 is 17.5 Å². The van der Waals surface area contributed by atoms with Crippen LogP contribution in [-0.4, -0.2) is 58.4 Å². The van der Waals surface area contributed by atoms with Crippen LogP contribution in [0.25, 0.3) is 0 Å². The number of hydroxylamine groups is 2. The van der Waals surface area contributed by atoms with E-state index >= 15 is 0 Å². The van der Waals surface area contributed by atoms with Crippen LogP contribution in [0.5, 0.6) is 0 Å². The summed E-state index contributed by atoms with van der Waals surface area (Å²) in [5, 5.41) is 9.75. The first-order valence-electron chi connectivity index (χ1n) is 8.42. The van der Waals surface area contributed by atoms with Gasteiger partial charge in [0.2, 0.25) is 5.95 Å². The van der Waals surface area contributed by atoms with Gasteiger partial charge in [-0.05, 0) is 31.0 Å². The molecule has 0 spiro atoms. The average Bonchev–Trinajstić information content (AvgIpc) is 3.22. The third-order valence-corrected chi connectivity index (χ3v) is 5.01. The smallest absolute Gasteiger partial charge is 0.280 e. The molecule has 2 fully saturated rings. The number of carbonyl (C=O) groups is 1. The second kappa shape index (κ2) is 6.00. The van der Waals surface area contributed by atoms with Gasteiger partial charge in [0.15, 0.2) is 0 Å². The monoisotopic (exact) mass is 339 g/mol. The Bertz CT molecular complexity index is 792. The highest BCUT2D eigenvalue weighted by Crippen LogP contribution is 2.36. The number of amides is 1. The predicted octanol–water partition coefficient (Wildman–Crippen LogP) is 1.71. The van der Waals surface area contributed by atoms with Gasteiger partial charge in [0.25, 0.3) is 5.91 Å². The van der Waals surface area contributed by atoms with Crippen LogP contribution in [0.2, 0.25) is 0 Å². The Balaban J connectivity index is 1.48. The summed E-state index contributed by atoms with van der Waals surface area (Å²) in [7, 11) is 1.29. The molecule has 7 nitrogen and oxygen atoms in total. The Kier molecular flexibility index (Phi) is 3.80. The summed E-state index contributed by atoms with van der Waals surface area (Å²) in [5.41, 5.74) is 2.83. The largest absolute Gasteiger partial charge is 0.365 e. The molecule has 1 N–H and O–H groups in total. The summed E-state index contributed by atoms with van der Waals surface area (Å²) in [4.78, 5) is 25.1. The Labute approximate surface area is 146 Å². The predicted molar refractivity (Wildman–Crippen MR) is 94.0 cm³/mol. The van der Waals surface area contributed by atoms with E-state index in [0.29, 0.717) is 23.1 Å². The van der Waals surface area contributed by atoms with Crippen molar-refractivity contribution in [3.05, 3.63) is 47.8 Å². The van der Waals surface area contributed by atoms with Gasteiger partial charge in [0.1, 0.15) is 0 Å². The van der Waals surface area contributed by atoms with Crippen LogP contribution < -0.4 is 9.80 Å². The molecule has 2 aliphatic rings. The lowest BCUT2D eigenvalue weighted by molar-refractivity contribution is -0.0375. The molecule has 1 aromatic heterocycles. The van der Waals surface area contributed by atoms with Crippen molar-refractivity contribution in [3.8, 4) is 0 Å². The molecule has 2 aromatic rings. The van der Waals surface area contributed by atoms with Gasteiger partial charge >= 0.3 is 0 Å². The zero-order valence-electron chi connectivity index (χ0n) is 14.3. The van der Waals surface area contributed by atoms with Gasteiger partial charge in [-0.1, -0.05) is 12.1 Å². The molecule has 7 heteroatoms. The van der Waals surface area contributed by atoms with Crippen LogP contribution >= 0.6 is 0 Å². The number of aryl methyl sites for hydroxylation is 1. The number of nitrogens with zero attached hydrogens (tertiary/aromatic N) is 5. The van der Waals surface area contributed by atoms with Gasteiger partial charge in [-0.25, -0.2) is 15.0 Å². The van der Waals surface area contributed by atoms with E-state index in [0.717, 1.165) is 19.5 Å². The number of aromatic nitrogens is 2. The summed E-state index contributed by atoms with van der Waals surface area (Å²) in [5.74, 6) is 0.133. The van der Waals surface area contributed by atoms with Crippen molar-refractivity contribution in [1.29, 1.82) is 0 Å². The number of carbonyl (C=O) groups excluding carboxylic acids is 1. The van der Waals surface area contributed by atoms with E-state index in [1.54, 1.807) is 0 Å². The van der Waals surface area contributed by atoms with E-state index < -0.39 is 5.91 Å². The normalized spacial score (nSPS) is 21.7. The molecule has 2 atom stereocenters. The van der Waals surface area contributed by atoms with E-state index in [2.05, 4.69) is 51.0 Å². The summed E-state index contributed by atoms with van der Waals surface area (Å²) in [6.45, 7) is 3.95. The summed E-state index contributed by atoms with van der Waals surface area (Å²) in [6.07, 6.45) is 4.04. The second-order valence-electron chi connectivity index (χ2n) is 6.79. The molecule has 0 unspecified atom stereocenters. The summed E-state index contributed by atoms with van der Waals surface area (Å²) < 4.78 is 0. The number of piperazine rings is 1. The Morgan fingerprint density at radius 3 is 2.48 bits per heavy atom. The van der Waals surface area contributed by atoms with E-state index in [4.69, 9.17) is 0 Å². The van der Waals surface area contributed by atoms with Crippen molar-refractivity contribution in [2.45, 2.75) is 25.4 Å². The third kappa shape index (κ3) is 2.80. The number of rotatable bonds is 3. The van der Waals surface area contributed by atoms with Crippen LogP contribution in [0.15, 0.2) is 36.7 Å². The number of anilines is 2. The third-order valence-electron chi connectivity index (χ3n) is 5.01. The molecule has 130 valence electrons. The average molecular weight is 339 g/mol. The van der Waals surface area contributed by atoms with Crippen molar-refractivity contribution in [2.75, 3.05) is 29.9 Å². The molecule has 2 aliphatic heterocycles. The first-order chi connectivity index (χ1) is 12.0. The molecule has 3 heterocycles. The molecule has 0 radical (unpaired) electrons. The number of benzene rings is 1. The minimum absolute atomic E-state index is 0.277. The van der Waals surface area contributed by atoms with E-state index in [1.165, 1.54) is 30.7 Å². The highest BCUT2D eigenvalue weighted by molar-refractivity contribution is 5.92. The van der Waals surface area contributed by atoms with Crippen molar-refractivity contribution < 1.29 is 10.0 Å². The molecule has 0 saturated carbocycles. The fourth-order valence-corrected chi connectivity index (χ4v) is 3.80. The Morgan fingerprint density at radius 1 is 1.20 bits per heavy atom. The van der Waals surface area contributed by atoms with Gasteiger partial charge in [0.05, 0.1) is 11.6 Å². The Morgan fingerprint density at radius 2 is 1.88 bits per heavy atom. The summed E-state index contributed by atoms with van der Waals surface area (Å²) in [6, 6.07) is 9.46. The van der Waals surface area contributed by atoms with Crippen molar-refractivity contribution in [2.24, 2.45) is 0 Å². The van der Waals surface area contributed by atoms with Gasteiger partial charge in [0, 0.05) is 44.3 Å². The number of hydrogen-bond donors (Lipinski definition) is 1. The van der Waals surface area contributed by atoms with Gasteiger partial charge < -0.3 is 9.80 Å². The van der Waals surface area contributed by atoms with Gasteiger partial charge in [-0.2, -0.15) is 0 Å². The van der Waals surface area contributed by atoms with Crippen LogP contribution in [-0.2, 0) is 0 Å². The van der Waals surface area contributed by atoms with Crippen LogP contribution in [0.3, 0.4) is 0 Å². The maximum Gasteiger partial charge on any atom is 0.280 e. The first-order valence-corrected chi connectivity index (χ1v) is 8.42. The lowest BCUT2D eigenvalue weighted by Crippen LogP contribution is -2.47. The number of hydrogen-bond acceptors (Lipinski definition) is 6. The fourth-order valence-electron chi connectivity index (χ4n) is 3.80. The molecule has 4 rings (SSSR count). The highest BCUT2D eigenvalue weighted by atomic mass is 16.5. The fraction of sp³-hybridized carbons (Fsp3) is 0.389. The molecular formula is C18H21N5O2. The molecule has 2 bridgehead atoms. The topological polar surface area (TPSA) is 72.8 Å². The molecular weight excluding hydrogens is 318 g/mol.